The first-order valence-corrected chi connectivity index (χ1v) is 6.85. The van der Waals surface area contributed by atoms with Crippen LogP contribution in [0.25, 0.3) is 0 Å². The highest BCUT2D eigenvalue weighted by Gasteiger charge is 2.10. The van der Waals surface area contributed by atoms with Gasteiger partial charge in [-0.3, -0.25) is 0 Å². The molecular weight excluding hydrogens is 293 g/mol. The Bertz CT molecular complexity index is 660. The monoisotopic (exact) mass is 307 g/mol. The molecule has 2 aromatic carbocycles. The Labute approximate surface area is 127 Å². The van der Waals surface area contributed by atoms with Crippen LogP contribution >= 0.6 is 11.6 Å². The number of halogens is 2. The number of nitrogens with one attached hydrogen (secondary N) is 1. The molecule has 2 N–H and O–H groups in total. The molecule has 0 aliphatic heterocycles. The van der Waals surface area contributed by atoms with E-state index in [2.05, 4.69) is 5.32 Å². The number of carboxylic acids is 1. The SMILES string of the molecule is CC(NCc1cc(C(=O)O)ccc1F)c1cccc(Cl)c1. The molecule has 21 heavy (non-hydrogen) atoms. The lowest BCUT2D eigenvalue weighted by Crippen LogP contribution is -2.19. The van der Waals surface area contributed by atoms with E-state index in [0.29, 0.717) is 10.6 Å². The number of rotatable bonds is 5. The Kier molecular flexibility index (Phi) is 4.94. The summed E-state index contributed by atoms with van der Waals surface area (Å²) in [6.07, 6.45) is 0. The lowest BCUT2D eigenvalue weighted by molar-refractivity contribution is 0.0696. The third kappa shape index (κ3) is 4.03. The van der Waals surface area contributed by atoms with E-state index >= 15 is 0 Å². The first kappa shape index (κ1) is 15.5. The molecule has 0 radical (unpaired) electrons. The van der Waals surface area contributed by atoms with Crippen LogP contribution in [0.3, 0.4) is 0 Å². The Balaban J connectivity index is 2.09. The molecule has 0 heterocycles. The third-order valence-electron chi connectivity index (χ3n) is 3.24. The Morgan fingerprint density at radius 3 is 2.76 bits per heavy atom. The van der Waals surface area contributed by atoms with Crippen LogP contribution in [-0.4, -0.2) is 11.1 Å². The second-order valence-corrected chi connectivity index (χ2v) is 5.21. The zero-order chi connectivity index (χ0) is 15.4. The van der Waals surface area contributed by atoms with Crippen molar-refractivity contribution in [2.24, 2.45) is 0 Å². The van der Waals surface area contributed by atoms with Gasteiger partial charge in [-0.2, -0.15) is 0 Å². The molecule has 0 amide bonds. The van der Waals surface area contributed by atoms with Gasteiger partial charge in [0.25, 0.3) is 0 Å². The molecule has 1 atom stereocenters. The fourth-order valence-electron chi connectivity index (χ4n) is 2.00. The van der Waals surface area contributed by atoms with E-state index in [4.69, 9.17) is 16.7 Å². The van der Waals surface area contributed by atoms with Gasteiger partial charge in [0.15, 0.2) is 0 Å². The first-order valence-electron chi connectivity index (χ1n) is 6.48. The minimum absolute atomic E-state index is 0.0309. The Morgan fingerprint density at radius 1 is 1.33 bits per heavy atom. The summed E-state index contributed by atoms with van der Waals surface area (Å²) in [5.41, 5.74) is 1.38. The smallest absolute Gasteiger partial charge is 0.335 e. The van der Waals surface area contributed by atoms with Gasteiger partial charge in [-0.05, 0) is 42.8 Å². The molecule has 1 unspecified atom stereocenters. The van der Waals surface area contributed by atoms with E-state index in [0.717, 1.165) is 5.56 Å². The van der Waals surface area contributed by atoms with E-state index in [9.17, 15) is 9.18 Å². The summed E-state index contributed by atoms with van der Waals surface area (Å²) in [4.78, 5) is 10.9. The highest BCUT2D eigenvalue weighted by Crippen LogP contribution is 2.18. The molecule has 0 aliphatic carbocycles. The van der Waals surface area contributed by atoms with Crippen LogP contribution in [0.1, 0.15) is 34.5 Å². The quantitative estimate of drug-likeness (QED) is 0.877. The van der Waals surface area contributed by atoms with E-state index < -0.39 is 11.8 Å². The van der Waals surface area contributed by atoms with Crippen molar-refractivity contribution in [1.29, 1.82) is 0 Å². The zero-order valence-electron chi connectivity index (χ0n) is 11.4. The van der Waals surface area contributed by atoms with Gasteiger partial charge in [-0.1, -0.05) is 23.7 Å². The summed E-state index contributed by atoms with van der Waals surface area (Å²) < 4.78 is 13.7. The van der Waals surface area contributed by atoms with Gasteiger partial charge < -0.3 is 10.4 Å². The summed E-state index contributed by atoms with van der Waals surface area (Å²) in [5.74, 6) is -1.50. The second-order valence-electron chi connectivity index (χ2n) is 4.77. The molecule has 0 saturated carbocycles. The first-order chi connectivity index (χ1) is 9.97. The summed E-state index contributed by atoms with van der Waals surface area (Å²) in [6, 6.07) is 11.1. The Hall–Kier alpha value is -1.91. The highest BCUT2D eigenvalue weighted by molar-refractivity contribution is 6.30. The molecule has 0 aromatic heterocycles. The molecule has 0 aliphatic rings. The van der Waals surface area contributed by atoms with Gasteiger partial charge in [0.05, 0.1) is 5.56 Å². The van der Waals surface area contributed by atoms with Crippen molar-refractivity contribution < 1.29 is 14.3 Å². The number of hydrogen-bond acceptors (Lipinski definition) is 2. The predicted molar refractivity (Wildman–Crippen MR) is 80.1 cm³/mol. The van der Waals surface area contributed by atoms with Crippen molar-refractivity contribution in [2.75, 3.05) is 0 Å². The topological polar surface area (TPSA) is 49.3 Å². The largest absolute Gasteiger partial charge is 0.478 e. The number of hydrogen-bond donors (Lipinski definition) is 2. The summed E-state index contributed by atoms with van der Waals surface area (Å²) in [5, 5.41) is 12.7. The number of carboxylic acid groups (broad SMARTS) is 1. The van der Waals surface area contributed by atoms with E-state index in [-0.39, 0.29) is 18.2 Å². The summed E-state index contributed by atoms with van der Waals surface area (Å²) >= 11 is 5.93. The number of aromatic carboxylic acids is 1. The molecule has 0 saturated heterocycles. The van der Waals surface area contributed by atoms with Crippen LogP contribution in [0, 0.1) is 5.82 Å². The summed E-state index contributed by atoms with van der Waals surface area (Å²) in [6.45, 7) is 2.17. The molecule has 5 heteroatoms. The van der Waals surface area contributed by atoms with E-state index in [1.807, 2.05) is 25.1 Å². The maximum Gasteiger partial charge on any atom is 0.335 e. The van der Waals surface area contributed by atoms with E-state index in [1.54, 1.807) is 6.07 Å². The second kappa shape index (κ2) is 6.70. The average molecular weight is 308 g/mol. The van der Waals surface area contributed by atoms with Crippen molar-refractivity contribution in [3.8, 4) is 0 Å². The van der Waals surface area contributed by atoms with Crippen LogP contribution in [-0.2, 0) is 6.54 Å². The Morgan fingerprint density at radius 2 is 2.10 bits per heavy atom. The highest BCUT2D eigenvalue weighted by atomic mass is 35.5. The van der Waals surface area contributed by atoms with Crippen LogP contribution in [0.4, 0.5) is 4.39 Å². The number of carbonyl (C=O) groups is 1. The fraction of sp³-hybridized carbons (Fsp3) is 0.188. The van der Waals surface area contributed by atoms with Gasteiger partial charge in [-0.25, -0.2) is 9.18 Å². The maximum atomic E-state index is 13.7. The lowest BCUT2D eigenvalue weighted by atomic mass is 10.1. The molecule has 0 bridgehead atoms. The van der Waals surface area contributed by atoms with E-state index in [1.165, 1.54) is 18.2 Å². The van der Waals surface area contributed by atoms with Gasteiger partial charge in [0.1, 0.15) is 5.82 Å². The van der Waals surface area contributed by atoms with Gasteiger partial charge in [0, 0.05) is 23.2 Å². The van der Waals surface area contributed by atoms with Crippen LogP contribution in [0.5, 0.6) is 0 Å². The van der Waals surface area contributed by atoms with Crippen molar-refractivity contribution in [2.45, 2.75) is 19.5 Å². The van der Waals surface area contributed by atoms with Crippen molar-refractivity contribution in [3.63, 3.8) is 0 Å². The zero-order valence-corrected chi connectivity index (χ0v) is 12.2. The lowest BCUT2D eigenvalue weighted by Gasteiger charge is -2.15. The molecule has 2 rings (SSSR count). The predicted octanol–water partition coefficient (Wildman–Crippen LogP) is 4.03. The standard InChI is InChI=1S/C16H15ClFNO2/c1-10(11-3-2-4-14(17)8-11)19-9-13-7-12(16(20)21)5-6-15(13)18/h2-8,10,19H,9H2,1H3,(H,20,21). The molecule has 0 fully saturated rings. The van der Waals surface area contributed by atoms with Crippen molar-refractivity contribution >= 4 is 17.6 Å². The van der Waals surface area contributed by atoms with Crippen LogP contribution < -0.4 is 5.32 Å². The maximum absolute atomic E-state index is 13.7. The van der Waals surface area contributed by atoms with Crippen molar-refractivity contribution in [3.05, 3.63) is 70.0 Å². The molecular formula is C16H15ClFNO2. The summed E-state index contributed by atoms with van der Waals surface area (Å²) in [7, 11) is 0. The van der Waals surface area contributed by atoms with Gasteiger partial charge in [0.2, 0.25) is 0 Å². The van der Waals surface area contributed by atoms with Gasteiger partial charge in [-0.15, -0.1) is 0 Å². The molecule has 110 valence electrons. The molecule has 2 aromatic rings. The van der Waals surface area contributed by atoms with Crippen molar-refractivity contribution in [1.82, 2.24) is 5.32 Å². The minimum Gasteiger partial charge on any atom is -0.478 e. The van der Waals surface area contributed by atoms with Crippen LogP contribution in [0.15, 0.2) is 42.5 Å². The minimum atomic E-state index is -1.07. The number of benzene rings is 2. The normalized spacial score (nSPS) is 12.1. The molecule has 0 spiro atoms. The molecule has 3 nitrogen and oxygen atoms in total. The average Bonchev–Trinajstić information content (AvgIpc) is 2.45. The third-order valence-corrected chi connectivity index (χ3v) is 3.48. The van der Waals surface area contributed by atoms with Crippen LogP contribution in [0.2, 0.25) is 5.02 Å². The fourth-order valence-corrected chi connectivity index (χ4v) is 2.20. The van der Waals surface area contributed by atoms with Gasteiger partial charge >= 0.3 is 5.97 Å².